The molecule has 1 aromatic rings. The van der Waals surface area contributed by atoms with Gasteiger partial charge in [-0.1, -0.05) is 17.7 Å². The summed E-state index contributed by atoms with van der Waals surface area (Å²) in [6, 6.07) is 6.54. The van der Waals surface area contributed by atoms with Crippen LogP contribution in [0.4, 0.5) is 10.5 Å². The van der Waals surface area contributed by atoms with Crippen LogP contribution in [0.5, 0.6) is 0 Å². The summed E-state index contributed by atoms with van der Waals surface area (Å²) < 4.78 is 0. The molecule has 3 rings (SSSR count). The number of hydrogen-bond acceptors (Lipinski definition) is 3. The zero-order valence-electron chi connectivity index (χ0n) is 11.5. The van der Waals surface area contributed by atoms with Gasteiger partial charge in [0.15, 0.2) is 0 Å². The third-order valence-corrected chi connectivity index (χ3v) is 4.35. The van der Waals surface area contributed by atoms with Gasteiger partial charge in [-0.25, -0.2) is 4.79 Å². The van der Waals surface area contributed by atoms with Crippen LogP contribution in [0.3, 0.4) is 0 Å². The van der Waals surface area contributed by atoms with Gasteiger partial charge in [0.25, 0.3) is 0 Å². The van der Waals surface area contributed by atoms with Crippen LogP contribution in [-0.4, -0.2) is 50.2 Å². The fraction of sp³-hybridized carbons (Fsp3) is 0.500. The van der Waals surface area contributed by atoms with Crippen LogP contribution >= 0.6 is 11.6 Å². The summed E-state index contributed by atoms with van der Waals surface area (Å²) in [4.78, 5) is 15.8. The number of nitrogens with zero attached hydrogens (tertiary/aromatic N) is 2. The summed E-state index contributed by atoms with van der Waals surface area (Å²) in [7, 11) is 1.91. The van der Waals surface area contributed by atoms with Gasteiger partial charge in [-0.2, -0.15) is 0 Å². The number of halogens is 1. The third kappa shape index (κ3) is 2.43. The van der Waals surface area contributed by atoms with Gasteiger partial charge in [-0.15, -0.1) is 0 Å². The van der Waals surface area contributed by atoms with Gasteiger partial charge in [0, 0.05) is 43.4 Å². The second-order valence-electron chi connectivity index (χ2n) is 5.29. The van der Waals surface area contributed by atoms with E-state index < -0.39 is 0 Å². The number of fused-ring (bicyclic) bond motifs is 1. The number of carbonyl (C=O) groups excluding carboxylic acids is 1. The van der Waals surface area contributed by atoms with E-state index in [1.807, 2.05) is 18.0 Å². The van der Waals surface area contributed by atoms with Gasteiger partial charge in [0.2, 0.25) is 0 Å². The molecule has 2 fully saturated rings. The normalized spacial score (nSPS) is 21.9. The molecule has 0 saturated carbocycles. The lowest BCUT2D eigenvalue weighted by atomic mass is 10.1. The van der Waals surface area contributed by atoms with Crippen molar-refractivity contribution in [2.24, 2.45) is 0 Å². The molecule has 0 aliphatic carbocycles. The highest BCUT2D eigenvalue weighted by Crippen LogP contribution is 2.26. The summed E-state index contributed by atoms with van der Waals surface area (Å²) in [5.74, 6) is 0. The van der Waals surface area contributed by atoms with Crippen LogP contribution < -0.4 is 15.5 Å². The lowest BCUT2D eigenvalue weighted by Gasteiger charge is -2.37. The number of benzene rings is 1. The largest absolute Gasteiger partial charge is 0.368 e. The number of anilines is 1. The van der Waals surface area contributed by atoms with E-state index in [4.69, 9.17) is 11.6 Å². The Balaban J connectivity index is 1.74. The first-order valence-electron chi connectivity index (χ1n) is 6.91. The number of urea groups is 1. The van der Waals surface area contributed by atoms with Gasteiger partial charge in [-0.05, 0) is 24.7 Å². The maximum Gasteiger partial charge on any atom is 0.317 e. The molecule has 5 nitrogen and oxygen atoms in total. The summed E-state index contributed by atoms with van der Waals surface area (Å²) in [5.41, 5.74) is 2.24. The number of rotatable bonds is 3. The zero-order valence-corrected chi connectivity index (χ0v) is 12.3. The highest BCUT2D eigenvalue weighted by molar-refractivity contribution is 6.31. The van der Waals surface area contributed by atoms with Crippen LogP contribution in [0.1, 0.15) is 5.56 Å². The third-order valence-electron chi connectivity index (χ3n) is 4.00. The molecular weight excluding hydrogens is 276 g/mol. The Morgan fingerprint density at radius 3 is 3.05 bits per heavy atom. The highest BCUT2D eigenvalue weighted by Gasteiger charge is 2.35. The van der Waals surface area contributed by atoms with E-state index in [0.29, 0.717) is 0 Å². The topological polar surface area (TPSA) is 47.6 Å². The Morgan fingerprint density at radius 2 is 2.30 bits per heavy atom. The molecule has 6 heteroatoms. The lowest BCUT2D eigenvalue weighted by molar-refractivity contribution is 0.197. The molecule has 1 aromatic carbocycles. The molecule has 2 saturated heterocycles. The van der Waals surface area contributed by atoms with Crippen molar-refractivity contribution in [3.05, 3.63) is 28.8 Å². The average Bonchev–Trinajstić information content (AvgIpc) is 2.82. The standard InChI is InChI=1S/C14H19ClN4O/c1-16-7-10-2-3-11(6-13(10)15)18-4-5-19-12(9-18)8-17-14(19)20/h2-3,6,12,16H,4-5,7-9H2,1H3,(H,17,20). The Kier molecular flexibility index (Phi) is 3.72. The number of nitrogens with one attached hydrogen (secondary N) is 2. The molecule has 0 spiro atoms. The van der Waals surface area contributed by atoms with Crippen molar-refractivity contribution in [1.29, 1.82) is 0 Å². The predicted molar refractivity (Wildman–Crippen MR) is 80.3 cm³/mol. The summed E-state index contributed by atoms with van der Waals surface area (Å²) in [6.45, 7) is 3.99. The quantitative estimate of drug-likeness (QED) is 0.883. The molecule has 2 aliphatic heterocycles. The number of piperazine rings is 1. The van der Waals surface area contributed by atoms with Gasteiger partial charge >= 0.3 is 6.03 Å². The lowest BCUT2D eigenvalue weighted by Crippen LogP contribution is -2.52. The molecule has 0 aromatic heterocycles. The smallest absolute Gasteiger partial charge is 0.317 e. The van der Waals surface area contributed by atoms with Crippen molar-refractivity contribution in [3.8, 4) is 0 Å². The van der Waals surface area contributed by atoms with E-state index >= 15 is 0 Å². The minimum absolute atomic E-state index is 0.0667. The molecule has 1 atom stereocenters. The van der Waals surface area contributed by atoms with Crippen molar-refractivity contribution in [3.63, 3.8) is 0 Å². The average molecular weight is 295 g/mol. The van der Waals surface area contributed by atoms with Crippen LogP contribution in [0.15, 0.2) is 18.2 Å². The maximum absolute atomic E-state index is 11.6. The second kappa shape index (κ2) is 5.50. The number of hydrogen-bond donors (Lipinski definition) is 2. The van der Waals surface area contributed by atoms with E-state index in [1.165, 1.54) is 0 Å². The SMILES string of the molecule is CNCc1ccc(N2CCN3C(=O)NCC3C2)cc1Cl. The van der Waals surface area contributed by atoms with Crippen molar-refractivity contribution in [2.45, 2.75) is 12.6 Å². The number of amides is 2. The summed E-state index contributed by atoms with van der Waals surface area (Å²) in [5, 5.41) is 6.80. The molecule has 1 unspecified atom stereocenters. The van der Waals surface area contributed by atoms with Crippen molar-refractivity contribution in [2.75, 3.05) is 38.1 Å². The Morgan fingerprint density at radius 1 is 1.45 bits per heavy atom. The summed E-state index contributed by atoms with van der Waals surface area (Å²) in [6.07, 6.45) is 0. The number of carbonyl (C=O) groups is 1. The van der Waals surface area contributed by atoms with E-state index in [-0.39, 0.29) is 12.1 Å². The molecule has 0 bridgehead atoms. The van der Waals surface area contributed by atoms with Crippen LogP contribution in [-0.2, 0) is 6.54 Å². The zero-order chi connectivity index (χ0) is 14.1. The van der Waals surface area contributed by atoms with E-state index in [9.17, 15) is 4.79 Å². The van der Waals surface area contributed by atoms with Gasteiger partial charge in [0.1, 0.15) is 0 Å². The first kappa shape index (κ1) is 13.5. The monoisotopic (exact) mass is 294 g/mol. The van der Waals surface area contributed by atoms with E-state index in [2.05, 4.69) is 27.7 Å². The van der Waals surface area contributed by atoms with Gasteiger partial charge in [0.05, 0.1) is 6.04 Å². The molecular formula is C14H19ClN4O. The predicted octanol–water partition coefficient (Wildman–Crippen LogP) is 1.27. The molecule has 20 heavy (non-hydrogen) atoms. The first-order valence-corrected chi connectivity index (χ1v) is 7.29. The van der Waals surface area contributed by atoms with Gasteiger partial charge in [-0.3, -0.25) is 0 Å². The Hall–Kier alpha value is -1.46. The maximum atomic E-state index is 11.6. The molecule has 2 N–H and O–H groups in total. The minimum Gasteiger partial charge on any atom is -0.368 e. The van der Waals surface area contributed by atoms with Crippen LogP contribution in [0.2, 0.25) is 5.02 Å². The molecule has 0 radical (unpaired) electrons. The second-order valence-corrected chi connectivity index (χ2v) is 5.69. The minimum atomic E-state index is 0.0667. The van der Waals surface area contributed by atoms with Crippen molar-refractivity contribution in [1.82, 2.24) is 15.5 Å². The van der Waals surface area contributed by atoms with Crippen LogP contribution in [0, 0.1) is 0 Å². The highest BCUT2D eigenvalue weighted by atomic mass is 35.5. The summed E-state index contributed by atoms with van der Waals surface area (Å²) >= 11 is 6.32. The Labute approximate surface area is 123 Å². The molecule has 108 valence electrons. The Bertz CT molecular complexity index is 522. The fourth-order valence-electron chi connectivity index (χ4n) is 2.91. The fourth-order valence-corrected chi connectivity index (χ4v) is 3.15. The van der Waals surface area contributed by atoms with E-state index in [1.54, 1.807) is 0 Å². The van der Waals surface area contributed by atoms with E-state index in [0.717, 1.165) is 49.0 Å². The molecule has 2 heterocycles. The van der Waals surface area contributed by atoms with Crippen molar-refractivity contribution >= 4 is 23.3 Å². The van der Waals surface area contributed by atoms with Crippen LogP contribution in [0.25, 0.3) is 0 Å². The molecule has 2 amide bonds. The first-order chi connectivity index (χ1) is 9.69. The molecule has 2 aliphatic rings. The van der Waals surface area contributed by atoms with Crippen molar-refractivity contribution < 1.29 is 4.79 Å². The van der Waals surface area contributed by atoms with Gasteiger partial charge < -0.3 is 20.4 Å².